The highest BCUT2D eigenvalue weighted by molar-refractivity contribution is 5.83. The molecule has 2 aliphatic heterocycles. The van der Waals surface area contributed by atoms with E-state index in [4.69, 9.17) is 23.7 Å². The van der Waals surface area contributed by atoms with Gasteiger partial charge in [-0.2, -0.15) is 0 Å². The molecule has 2 heterocycles. The number of ether oxygens (including phenoxy) is 5. The van der Waals surface area contributed by atoms with E-state index >= 15 is 0 Å². The normalized spacial score (nSPS) is 45.1. The lowest BCUT2D eigenvalue weighted by atomic mass is 9.74. The summed E-state index contributed by atoms with van der Waals surface area (Å²) in [4.78, 5) is 29.4. The van der Waals surface area contributed by atoms with Gasteiger partial charge in [0.15, 0.2) is 6.29 Å². The largest absolute Gasteiger partial charge is 0.459 e. The molecular weight excluding hydrogens is 570 g/mol. The van der Waals surface area contributed by atoms with Crippen molar-refractivity contribution in [2.45, 2.75) is 135 Å². The molecule has 11 nitrogen and oxygen atoms in total. The number of methoxy groups -OCH3 is 1. The van der Waals surface area contributed by atoms with E-state index < -0.39 is 77.7 Å². The molecular formula is C33H59NO10. The van der Waals surface area contributed by atoms with Crippen molar-refractivity contribution < 1.29 is 48.6 Å². The molecule has 0 aromatic heterocycles. The molecule has 2 saturated heterocycles. The Morgan fingerprint density at radius 1 is 1.09 bits per heavy atom. The number of esters is 1. The van der Waals surface area contributed by atoms with Crippen LogP contribution >= 0.6 is 0 Å². The Bertz CT molecular complexity index is 959. The van der Waals surface area contributed by atoms with Crippen molar-refractivity contribution in [3.05, 3.63) is 12.7 Å². The fourth-order valence-electron chi connectivity index (χ4n) is 7.05. The number of Topliss-reactive ketones (excluding diaryl/α,β-unsaturated/α-hetero) is 1. The Balaban J connectivity index is 2.71. The zero-order valence-corrected chi connectivity index (χ0v) is 28.7. The van der Waals surface area contributed by atoms with Crippen molar-refractivity contribution in [2.75, 3.05) is 27.8 Å². The van der Waals surface area contributed by atoms with E-state index in [0.29, 0.717) is 6.42 Å². The Kier molecular flexibility index (Phi) is 14.0. The van der Waals surface area contributed by atoms with E-state index in [0.717, 1.165) is 0 Å². The molecule has 256 valence electrons. The van der Waals surface area contributed by atoms with Crippen molar-refractivity contribution >= 4 is 11.8 Å². The van der Waals surface area contributed by atoms with Crippen LogP contribution in [0.5, 0.6) is 0 Å². The maximum atomic E-state index is 13.7. The highest BCUT2D eigenvalue weighted by atomic mass is 16.7. The first-order valence-corrected chi connectivity index (χ1v) is 15.9. The molecule has 11 heteroatoms. The van der Waals surface area contributed by atoms with Crippen molar-refractivity contribution in [1.82, 2.24) is 4.90 Å². The topological polar surface area (TPSA) is 144 Å². The number of cyclic esters (lactones) is 1. The quantitative estimate of drug-likeness (QED) is 0.269. The smallest absolute Gasteiger partial charge is 0.311 e. The molecule has 2 fully saturated rings. The Morgan fingerprint density at radius 3 is 2.23 bits per heavy atom. The van der Waals surface area contributed by atoms with Gasteiger partial charge in [-0.1, -0.05) is 33.8 Å². The number of aliphatic hydroxyl groups excluding tert-OH is 2. The van der Waals surface area contributed by atoms with Gasteiger partial charge < -0.3 is 43.9 Å². The van der Waals surface area contributed by atoms with Crippen molar-refractivity contribution in [1.29, 1.82) is 0 Å². The molecule has 14 atom stereocenters. The Hall–Kier alpha value is -1.44. The summed E-state index contributed by atoms with van der Waals surface area (Å²) >= 11 is 0. The third-order valence-electron chi connectivity index (χ3n) is 9.89. The van der Waals surface area contributed by atoms with Gasteiger partial charge in [0, 0.05) is 30.9 Å². The molecule has 0 aromatic rings. The summed E-state index contributed by atoms with van der Waals surface area (Å²) in [7, 11) is 5.31. The zero-order valence-electron chi connectivity index (χ0n) is 28.7. The third kappa shape index (κ3) is 8.47. The summed E-state index contributed by atoms with van der Waals surface area (Å²) in [5.74, 6) is -3.91. The van der Waals surface area contributed by atoms with Crippen LogP contribution in [0.25, 0.3) is 0 Å². The monoisotopic (exact) mass is 629 g/mol. The molecule has 3 N–H and O–H groups in total. The lowest BCUT2D eigenvalue weighted by molar-refractivity contribution is -0.302. The van der Waals surface area contributed by atoms with Gasteiger partial charge in [0.25, 0.3) is 0 Å². The van der Waals surface area contributed by atoms with Gasteiger partial charge in [-0.3, -0.25) is 9.59 Å². The molecule has 0 spiro atoms. The van der Waals surface area contributed by atoms with Gasteiger partial charge in [-0.15, -0.1) is 6.58 Å². The highest BCUT2D eigenvalue weighted by Crippen LogP contribution is 2.39. The second kappa shape index (κ2) is 15.9. The standard InChI is InChI=1S/C33H59NO10/c1-13-15-41-27-21(6)29(44-31-26(36)23(34(10)11)16-19(4)42-31)32(8,40-12)17-18(3)25(35)20(5)28(37)33(9,39)24(14-2)43-30(38)22(27)7/h13,18-24,26-29,31,36-37,39H,1,14-17H2,2-12H3/t18-,19-,20+,21+,22-,23+,24-,26-,27+,28-,29-,31+,32-,33-/m1/s1. The number of carbonyl (C=O) groups excluding carboxylic acids is 2. The first-order valence-electron chi connectivity index (χ1n) is 15.9. The maximum absolute atomic E-state index is 13.7. The van der Waals surface area contributed by atoms with Gasteiger partial charge in [0.05, 0.1) is 42.5 Å². The molecule has 0 saturated carbocycles. The summed E-state index contributed by atoms with van der Waals surface area (Å²) in [5, 5.41) is 34.0. The molecule has 0 unspecified atom stereocenters. The second-order valence-electron chi connectivity index (χ2n) is 13.7. The van der Waals surface area contributed by atoms with Crippen LogP contribution in [0.15, 0.2) is 12.7 Å². The van der Waals surface area contributed by atoms with E-state index in [2.05, 4.69) is 6.58 Å². The average molecular weight is 630 g/mol. The van der Waals surface area contributed by atoms with Gasteiger partial charge in [0.2, 0.25) is 0 Å². The SMILES string of the molecule is C=CCO[C@H]1[C@H](C)[C@@H](O[C@@H]2O[C@H](C)C[C@H](N(C)C)[C@H]2O)[C@](C)(OC)C[C@@H](C)C(=O)[C@H](C)[C@@H](O)[C@](C)(O)[C@@H](CC)OC(=O)[C@@H]1C. The van der Waals surface area contributed by atoms with Crippen LogP contribution in [0.4, 0.5) is 0 Å². The van der Waals surface area contributed by atoms with Crippen LogP contribution in [0, 0.1) is 23.7 Å². The number of hydrogen-bond donors (Lipinski definition) is 3. The number of hydrogen-bond acceptors (Lipinski definition) is 11. The number of carbonyl (C=O) groups is 2. The number of aliphatic hydroxyl groups is 3. The summed E-state index contributed by atoms with van der Waals surface area (Å²) in [5.41, 5.74) is -3.04. The summed E-state index contributed by atoms with van der Waals surface area (Å²) < 4.78 is 31.0. The van der Waals surface area contributed by atoms with Crippen LogP contribution in [-0.4, -0.2) is 120 Å². The molecule has 2 aliphatic rings. The molecule has 0 bridgehead atoms. The summed E-state index contributed by atoms with van der Waals surface area (Å²) in [6.45, 7) is 17.6. The first kappa shape index (κ1) is 38.7. The van der Waals surface area contributed by atoms with E-state index in [1.54, 1.807) is 33.8 Å². The van der Waals surface area contributed by atoms with Gasteiger partial charge in [-0.25, -0.2) is 0 Å². The van der Waals surface area contributed by atoms with Crippen LogP contribution in [0.3, 0.4) is 0 Å². The fourth-order valence-corrected chi connectivity index (χ4v) is 7.05. The van der Waals surface area contributed by atoms with Crippen molar-refractivity contribution in [2.24, 2.45) is 23.7 Å². The maximum Gasteiger partial charge on any atom is 0.311 e. The predicted octanol–water partition coefficient (Wildman–Crippen LogP) is 2.72. The predicted molar refractivity (Wildman–Crippen MR) is 166 cm³/mol. The molecule has 0 aliphatic carbocycles. The minimum Gasteiger partial charge on any atom is -0.459 e. The summed E-state index contributed by atoms with van der Waals surface area (Å²) in [6, 6.07) is -0.227. The number of ketones is 1. The molecule has 0 amide bonds. The van der Waals surface area contributed by atoms with E-state index in [1.807, 2.05) is 39.8 Å². The molecule has 0 radical (unpaired) electrons. The van der Waals surface area contributed by atoms with Crippen LogP contribution in [0.1, 0.15) is 74.7 Å². The van der Waals surface area contributed by atoms with Gasteiger partial charge in [-0.05, 0) is 61.1 Å². The number of rotatable bonds is 8. The number of nitrogens with zero attached hydrogens (tertiary/aromatic N) is 1. The molecule has 2 rings (SSSR count). The van der Waals surface area contributed by atoms with Crippen LogP contribution in [-0.2, 0) is 33.3 Å². The minimum atomic E-state index is -1.89. The zero-order chi connectivity index (χ0) is 33.7. The lowest BCUT2D eigenvalue weighted by Gasteiger charge is -2.48. The van der Waals surface area contributed by atoms with Crippen LogP contribution < -0.4 is 0 Å². The fraction of sp³-hybridized carbons (Fsp3) is 0.879. The first-order chi connectivity index (χ1) is 20.4. The third-order valence-corrected chi connectivity index (χ3v) is 9.89. The number of likely N-dealkylation sites (N-methyl/N-ethyl adjacent to an activating group) is 1. The summed E-state index contributed by atoms with van der Waals surface area (Å²) in [6.07, 6.45) is -3.86. The van der Waals surface area contributed by atoms with Crippen LogP contribution in [0.2, 0.25) is 0 Å². The van der Waals surface area contributed by atoms with Crippen molar-refractivity contribution in [3.8, 4) is 0 Å². The lowest BCUT2D eigenvalue weighted by Crippen LogP contribution is -2.60. The Morgan fingerprint density at radius 2 is 1.70 bits per heavy atom. The Labute approximate surface area is 264 Å². The van der Waals surface area contributed by atoms with E-state index in [1.165, 1.54) is 14.0 Å². The van der Waals surface area contributed by atoms with Crippen molar-refractivity contribution in [3.63, 3.8) is 0 Å². The minimum absolute atomic E-state index is 0.130. The van der Waals surface area contributed by atoms with E-state index in [9.17, 15) is 24.9 Å². The molecule has 44 heavy (non-hydrogen) atoms. The molecule has 0 aromatic carbocycles. The second-order valence-corrected chi connectivity index (χ2v) is 13.7. The van der Waals surface area contributed by atoms with Gasteiger partial charge >= 0.3 is 5.97 Å². The highest BCUT2D eigenvalue weighted by Gasteiger charge is 2.52. The average Bonchev–Trinajstić information content (AvgIpc) is 2.97. The van der Waals surface area contributed by atoms with Gasteiger partial charge in [0.1, 0.15) is 23.6 Å². The van der Waals surface area contributed by atoms with E-state index in [-0.39, 0.29) is 37.4 Å².